The van der Waals surface area contributed by atoms with Crippen LogP contribution in [0.5, 0.6) is 5.75 Å². The fourth-order valence-electron chi connectivity index (χ4n) is 3.50. The van der Waals surface area contributed by atoms with E-state index < -0.39 is 0 Å². The third-order valence-electron chi connectivity index (χ3n) is 4.89. The molecule has 0 spiro atoms. The average molecular weight is 370 g/mol. The average Bonchev–Trinajstić information content (AvgIpc) is 2.68. The number of benzene rings is 2. The van der Waals surface area contributed by atoms with Gasteiger partial charge in [0.05, 0.1) is 18.3 Å². The Kier molecular flexibility index (Phi) is 5.64. The molecule has 1 aromatic heterocycles. The maximum absolute atomic E-state index is 5.27. The molecular weight excluding hydrogens is 346 g/mol. The number of hydrogen-bond acceptors (Lipinski definition) is 4. The summed E-state index contributed by atoms with van der Waals surface area (Å²) in [5, 5.41) is 4.69. The topological polar surface area (TPSA) is 37.4 Å². The number of anilines is 1. The highest BCUT2D eigenvalue weighted by molar-refractivity contribution is 5.94. The van der Waals surface area contributed by atoms with Gasteiger partial charge in [-0.1, -0.05) is 18.2 Å². The van der Waals surface area contributed by atoms with Crippen LogP contribution in [-0.4, -0.2) is 37.8 Å². The van der Waals surface area contributed by atoms with E-state index in [4.69, 9.17) is 9.72 Å². The number of piperazine rings is 1. The lowest BCUT2D eigenvalue weighted by Crippen LogP contribution is -2.50. The van der Waals surface area contributed by atoms with Crippen molar-refractivity contribution in [3.63, 3.8) is 0 Å². The van der Waals surface area contributed by atoms with Gasteiger partial charge in [0.1, 0.15) is 5.75 Å². The van der Waals surface area contributed by atoms with Gasteiger partial charge in [0.25, 0.3) is 0 Å². The van der Waals surface area contributed by atoms with Crippen molar-refractivity contribution in [1.82, 2.24) is 10.3 Å². The van der Waals surface area contributed by atoms with Gasteiger partial charge in [-0.2, -0.15) is 0 Å². The van der Waals surface area contributed by atoms with E-state index in [0.29, 0.717) is 6.04 Å². The lowest BCUT2D eigenvalue weighted by molar-refractivity contribution is 0.415. The number of nitrogens with one attached hydrogen (secondary N) is 1. The van der Waals surface area contributed by atoms with E-state index in [2.05, 4.69) is 59.6 Å². The monoisotopic (exact) mass is 369 g/mol. The molecule has 4 nitrogen and oxygen atoms in total. The predicted octanol–water partition coefficient (Wildman–Crippen LogP) is 4.13. The largest absolute Gasteiger partial charge is 0.497 e. The second-order valence-electron chi connectivity index (χ2n) is 6.52. The Morgan fingerprint density at radius 3 is 2.62 bits per heavy atom. The van der Waals surface area contributed by atoms with Crippen LogP contribution in [0.3, 0.4) is 0 Å². The molecule has 1 fully saturated rings. The van der Waals surface area contributed by atoms with Gasteiger partial charge in [0.2, 0.25) is 0 Å². The molecule has 0 aliphatic carbocycles. The molecule has 2 aromatic carbocycles. The molecule has 26 heavy (non-hydrogen) atoms. The van der Waals surface area contributed by atoms with Gasteiger partial charge >= 0.3 is 0 Å². The van der Waals surface area contributed by atoms with Crippen molar-refractivity contribution in [3.05, 3.63) is 54.6 Å². The molecule has 1 aliphatic heterocycles. The van der Waals surface area contributed by atoms with Crippen LogP contribution < -0.4 is 15.0 Å². The van der Waals surface area contributed by atoms with Gasteiger partial charge in [-0.15, -0.1) is 12.4 Å². The Balaban J connectivity index is 0.00000196. The van der Waals surface area contributed by atoms with Crippen LogP contribution in [0.2, 0.25) is 0 Å². The van der Waals surface area contributed by atoms with Crippen LogP contribution in [0.15, 0.2) is 54.6 Å². The fraction of sp³-hybridized carbons (Fsp3) is 0.286. The highest BCUT2D eigenvalue weighted by atomic mass is 35.5. The van der Waals surface area contributed by atoms with Crippen molar-refractivity contribution in [2.24, 2.45) is 0 Å². The number of hydrogen-bond donors (Lipinski definition) is 1. The van der Waals surface area contributed by atoms with Gasteiger partial charge in [-0.3, -0.25) is 0 Å². The summed E-state index contributed by atoms with van der Waals surface area (Å²) in [6.07, 6.45) is 0. The van der Waals surface area contributed by atoms with Crippen molar-refractivity contribution in [2.45, 2.75) is 13.0 Å². The number of fused-ring (bicyclic) bond motifs is 1. The molecule has 0 radical (unpaired) electrons. The van der Waals surface area contributed by atoms with E-state index in [0.717, 1.165) is 42.2 Å². The molecule has 0 amide bonds. The molecular formula is C21H24ClN3O. The minimum atomic E-state index is 0. The second-order valence-corrected chi connectivity index (χ2v) is 6.52. The van der Waals surface area contributed by atoms with Crippen molar-refractivity contribution in [1.29, 1.82) is 0 Å². The zero-order chi connectivity index (χ0) is 17.2. The molecule has 3 aromatic rings. The normalized spacial score (nSPS) is 17.0. The zero-order valence-electron chi connectivity index (χ0n) is 15.1. The number of halogens is 1. The number of nitrogens with zero attached hydrogens (tertiary/aromatic N) is 2. The highest BCUT2D eigenvalue weighted by Gasteiger charge is 2.21. The first-order chi connectivity index (χ1) is 12.3. The summed E-state index contributed by atoms with van der Waals surface area (Å²) in [5.74, 6) is 0.862. The number of aromatic nitrogens is 1. The van der Waals surface area contributed by atoms with E-state index in [9.17, 15) is 0 Å². The highest BCUT2D eigenvalue weighted by Crippen LogP contribution is 2.32. The molecule has 136 valence electrons. The SMILES string of the molecule is COc1ccc(-c2cc(N3CCNCC3C)c3ccccc3n2)cc1.Cl. The van der Waals surface area contributed by atoms with Crippen molar-refractivity contribution < 1.29 is 4.74 Å². The van der Waals surface area contributed by atoms with E-state index in [-0.39, 0.29) is 12.4 Å². The molecule has 1 atom stereocenters. The van der Waals surface area contributed by atoms with E-state index in [1.165, 1.54) is 11.1 Å². The Morgan fingerprint density at radius 2 is 1.88 bits per heavy atom. The third-order valence-corrected chi connectivity index (χ3v) is 4.89. The molecule has 1 unspecified atom stereocenters. The molecule has 1 aliphatic rings. The standard InChI is InChI=1S/C21H23N3O.ClH/c1-15-14-22-11-12-24(15)21-13-20(16-7-9-17(25-2)10-8-16)23-19-6-4-3-5-18(19)21;/h3-10,13,15,22H,11-12,14H2,1-2H3;1H. The Morgan fingerprint density at radius 1 is 1.12 bits per heavy atom. The van der Waals surface area contributed by atoms with Crippen LogP contribution in [0.25, 0.3) is 22.2 Å². The summed E-state index contributed by atoms with van der Waals surface area (Å²) in [6.45, 7) is 5.30. The Hall–Kier alpha value is -2.30. The first kappa shape index (κ1) is 18.5. The number of para-hydroxylation sites is 1. The maximum atomic E-state index is 5.27. The van der Waals surface area contributed by atoms with Crippen LogP contribution >= 0.6 is 12.4 Å². The van der Waals surface area contributed by atoms with E-state index in [1.54, 1.807) is 7.11 Å². The molecule has 0 bridgehead atoms. The van der Waals surface area contributed by atoms with Crippen molar-refractivity contribution in [2.75, 3.05) is 31.6 Å². The lowest BCUT2D eigenvalue weighted by Gasteiger charge is -2.36. The summed E-state index contributed by atoms with van der Waals surface area (Å²) in [4.78, 5) is 7.39. The zero-order valence-corrected chi connectivity index (χ0v) is 15.9. The van der Waals surface area contributed by atoms with Crippen LogP contribution in [0.1, 0.15) is 6.92 Å². The molecule has 1 saturated heterocycles. The van der Waals surface area contributed by atoms with E-state index >= 15 is 0 Å². The minimum absolute atomic E-state index is 0. The van der Waals surface area contributed by atoms with Gasteiger partial charge in [0.15, 0.2) is 0 Å². The maximum Gasteiger partial charge on any atom is 0.118 e. The first-order valence-electron chi connectivity index (χ1n) is 8.78. The van der Waals surface area contributed by atoms with Crippen LogP contribution in [-0.2, 0) is 0 Å². The molecule has 0 saturated carbocycles. The summed E-state index contributed by atoms with van der Waals surface area (Å²) in [6, 6.07) is 19.2. The number of methoxy groups -OCH3 is 1. The van der Waals surface area contributed by atoms with Gasteiger partial charge < -0.3 is 15.0 Å². The molecule has 1 N–H and O–H groups in total. The first-order valence-corrected chi connectivity index (χ1v) is 8.78. The molecule has 5 heteroatoms. The summed E-state index contributed by atoms with van der Waals surface area (Å²) in [5.41, 5.74) is 4.42. The number of rotatable bonds is 3. The predicted molar refractivity (Wildman–Crippen MR) is 111 cm³/mol. The Labute approximate surface area is 160 Å². The van der Waals surface area contributed by atoms with E-state index in [1.807, 2.05) is 12.1 Å². The molecule has 2 heterocycles. The smallest absolute Gasteiger partial charge is 0.118 e. The van der Waals surface area contributed by atoms with Crippen molar-refractivity contribution in [3.8, 4) is 17.0 Å². The Bertz CT molecular complexity index is 882. The third kappa shape index (κ3) is 3.48. The minimum Gasteiger partial charge on any atom is -0.497 e. The summed E-state index contributed by atoms with van der Waals surface area (Å²) in [7, 11) is 1.69. The van der Waals surface area contributed by atoms with Crippen LogP contribution in [0.4, 0.5) is 5.69 Å². The van der Waals surface area contributed by atoms with Crippen LogP contribution in [0, 0.1) is 0 Å². The van der Waals surface area contributed by atoms with Crippen molar-refractivity contribution >= 4 is 29.0 Å². The number of ether oxygens (including phenoxy) is 1. The second kappa shape index (κ2) is 7.94. The van der Waals surface area contributed by atoms with Gasteiger partial charge in [-0.05, 0) is 43.3 Å². The van der Waals surface area contributed by atoms with Gasteiger partial charge in [0, 0.05) is 42.3 Å². The lowest BCUT2D eigenvalue weighted by atomic mass is 10.0. The van der Waals surface area contributed by atoms with Gasteiger partial charge in [-0.25, -0.2) is 4.98 Å². The summed E-state index contributed by atoms with van der Waals surface area (Å²) >= 11 is 0. The number of pyridine rings is 1. The summed E-state index contributed by atoms with van der Waals surface area (Å²) < 4.78 is 5.27. The quantitative estimate of drug-likeness (QED) is 0.753. The fourth-order valence-corrected chi connectivity index (χ4v) is 3.50. The molecule has 4 rings (SSSR count).